The van der Waals surface area contributed by atoms with E-state index in [-0.39, 0.29) is 17.5 Å². The third kappa shape index (κ3) is 4.57. The van der Waals surface area contributed by atoms with E-state index in [2.05, 4.69) is 19.9 Å². The molecule has 0 spiro atoms. The number of rotatable bonds is 5. The van der Waals surface area contributed by atoms with Crippen LogP contribution < -0.4 is 10.5 Å². The smallest absolute Gasteiger partial charge is 0.254 e. The number of benzene rings is 1. The first-order valence-electron chi connectivity index (χ1n) is 10.1. The van der Waals surface area contributed by atoms with Crippen molar-refractivity contribution in [1.82, 2.24) is 15.0 Å². The van der Waals surface area contributed by atoms with Gasteiger partial charge in [-0.2, -0.15) is 0 Å². The molecule has 4 rings (SSSR count). The summed E-state index contributed by atoms with van der Waals surface area (Å²) in [5.74, 6) is 1.21. The maximum atomic E-state index is 13.0. The summed E-state index contributed by atoms with van der Waals surface area (Å²) >= 11 is 0. The van der Waals surface area contributed by atoms with Gasteiger partial charge in [-0.25, -0.2) is 14.4 Å². The SMILES string of the molecule is Cc1nc(-c2ccc(N3CCC(OCc4ccc(F)cc4)CC3)nc2)[nH]c(=O)c1C. The van der Waals surface area contributed by atoms with Gasteiger partial charge in [0.05, 0.1) is 12.7 Å². The average molecular weight is 408 g/mol. The molecule has 3 aromatic rings. The van der Waals surface area contributed by atoms with Crippen LogP contribution in [0, 0.1) is 19.7 Å². The van der Waals surface area contributed by atoms with Crippen LogP contribution in [0.5, 0.6) is 0 Å². The molecule has 0 amide bonds. The monoisotopic (exact) mass is 408 g/mol. The van der Waals surface area contributed by atoms with Crippen LogP contribution in [-0.2, 0) is 11.3 Å². The average Bonchev–Trinajstić information content (AvgIpc) is 2.77. The molecule has 1 aliphatic rings. The van der Waals surface area contributed by atoms with Crippen LogP contribution in [0.25, 0.3) is 11.4 Å². The van der Waals surface area contributed by atoms with Gasteiger partial charge in [0.15, 0.2) is 0 Å². The second kappa shape index (κ2) is 8.75. The molecule has 156 valence electrons. The van der Waals surface area contributed by atoms with Crippen LogP contribution in [-0.4, -0.2) is 34.1 Å². The van der Waals surface area contributed by atoms with E-state index in [1.807, 2.05) is 19.1 Å². The number of piperidine rings is 1. The van der Waals surface area contributed by atoms with E-state index in [0.717, 1.165) is 48.6 Å². The molecule has 0 saturated carbocycles. The van der Waals surface area contributed by atoms with Crippen molar-refractivity contribution < 1.29 is 9.13 Å². The van der Waals surface area contributed by atoms with E-state index < -0.39 is 0 Å². The molecule has 6 nitrogen and oxygen atoms in total. The summed E-state index contributed by atoms with van der Waals surface area (Å²) in [7, 11) is 0. The number of pyridine rings is 1. The van der Waals surface area contributed by atoms with E-state index in [4.69, 9.17) is 4.74 Å². The number of aromatic nitrogens is 3. The molecule has 1 aliphatic heterocycles. The lowest BCUT2D eigenvalue weighted by atomic mass is 10.1. The number of nitrogens with zero attached hydrogens (tertiary/aromatic N) is 3. The summed E-state index contributed by atoms with van der Waals surface area (Å²) in [6.45, 7) is 5.81. The minimum Gasteiger partial charge on any atom is -0.373 e. The van der Waals surface area contributed by atoms with E-state index in [1.54, 1.807) is 25.3 Å². The van der Waals surface area contributed by atoms with Crippen LogP contribution in [0.15, 0.2) is 47.4 Å². The molecule has 30 heavy (non-hydrogen) atoms. The zero-order valence-electron chi connectivity index (χ0n) is 17.2. The van der Waals surface area contributed by atoms with Crippen molar-refractivity contribution in [2.75, 3.05) is 18.0 Å². The van der Waals surface area contributed by atoms with Crippen LogP contribution in [0.2, 0.25) is 0 Å². The van der Waals surface area contributed by atoms with Crippen LogP contribution >= 0.6 is 0 Å². The number of nitrogens with one attached hydrogen (secondary N) is 1. The standard InChI is InChI=1S/C23H25FN4O2/c1-15-16(2)26-22(27-23(15)29)18-5-8-21(25-13-18)28-11-9-20(10-12-28)30-14-17-3-6-19(24)7-4-17/h3-8,13,20H,9-12,14H2,1-2H3,(H,26,27,29). The van der Waals surface area contributed by atoms with Crippen LogP contribution in [0.3, 0.4) is 0 Å². The van der Waals surface area contributed by atoms with Crippen molar-refractivity contribution in [2.45, 2.75) is 39.4 Å². The number of aromatic amines is 1. The van der Waals surface area contributed by atoms with Crippen molar-refractivity contribution in [3.63, 3.8) is 0 Å². The Morgan fingerprint density at radius 2 is 1.87 bits per heavy atom. The normalized spacial score (nSPS) is 14.8. The molecular weight excluding hydrogens is 383 g/mol. The lowest BCUT2D eigenvalue weighted by Crippen LogP contribution is -2.37. The van der Waals surface area contributed by atoms with Gasteiger partial charge < -0.3 is 14.6 Å². The van der Waals surface area contributed by atoms with Gasteiger partial charge >= 0.3 is 0 Å². The topological polar surface area (TPSA) is 71.1 Å². The molecule has 3 heterocycles. The summed E-state index contributed by atoms with van der Waals surface area (Å²) in [6.07, 6.45) is 3.77. The number of H-pyrrole nitrogens is 1. The molecule has 1 N–H and O–H groups in total. The predicted molar refractivity (Wildman–Crippen MR) is 114 cm³/mol. The maximum Gasteiger partial charge on any atom is 0.254 e. The van der Waals surface area contributed by atoms with E-state index in [0.29, 0.717) is 18.0 Å². The van der Waals surface area contributed by atoms with E-state index >= 15 is 0 Å². The van der Waals surface area contributed by atoms with Crippen LogP contribution in [0.4, 0.5) is 10.2 Å². The van der Waals surface area contributed by atoms with Gasteiger partial charge in [0.25, 0.3) is 5.56 Å². The first-order valence-corrected chi connectivity index (χ1v) is 10.1. The maximum absolute atomic E-state index is 13.0. The lowest BCUT2D eigenvalue weighted by molar-refractivity contribution is 0.0250. The van der Waals surface area contributed by atoms with E-state index in [9.17, 15) is 9.18 Å². The number of anilines is 1. The minimum atomic E-state index is -0.231. The third-order valence-corrected chi connectivity index (χ3v) is 5.58. The molecule has 0 unspecified atom stereocenters. The van der Waals surface area contributed by atoms with Crippen molar-refractivity contribution >= 4 is 5.82 Å². The van der Waals surface area contributed by atoms with Crippen molar-refractivity contribution in [2.24, 2.45) is 0 Å². The van der Waals surface area contributed by atoms with Crippen molar-refractivity contribution in [1.29, 1.82) is 0 Å². The zero-order chi connectivity index (χ0) is 21.1. The van der Waals surface area contributed by atoms with Crippen LogP contribution in [0.1, 0.15) is 29.7 Å². The van der Waals surface area contributed by atoms with Gasteiger partial charge in [0.1, 0.15) is 17.5 Å². The third-order valence-electron chi connectivity index (χ3n) is 5.58. The first-order chi connectivity index (χ1) is 14.5. The highest BCUT2D eigenvalue weighted by molar-refractivity contribution is 5.56. The summed E-state index contributed by atoms with van der Waals surface area (Å²) < 4.78 is 19.0. The largest absolute Gasteiger partial charge is 0.373 e. The summed E-state index contributed by atoms with van der Waals surface area (Å²) in [4.78, 5) is 26.1. The van der Waals surface area contributed by atoms with Gasteiger partial charge in [-0.05, 0) is 56.5 Å². The fourth-order valence-electron chi connectivity index (χ4n) is 3.54. The number of aryl methyl sites for hydroxylation is 1. The van der Waals surface area contributed by atoms with Crippen molar-refractivity contribution in [3.8, 4) is 11.4 Å². The molecule has 0 bridgehead atoms. The fraction of sp³-hybridized carbons (Fsp3) is 0.348. The fourth-order valence-corrected chi connectivity index (χ4v) is 3.54. The Kier molecular flexibility index (Phi) is 5.90. The molecule has 1 aromatic carbocycles. The van der Waals surface area contributed by atoms with E-state index in [1.165, 1.54) is 12.1 Å². The van der Waals surface area contributed by atoms with Gasteiger partial charge in [-0.1, -0.05) is 12.1 Å². The highest BCUT2D eigenvalue weighted by atomic mass is 19.1. The molecule has 1 fully saturated rings. The highest BCUT2D eigenvalue weighted by Gasteiger charge is 2.21. The molecule has 2 aromatic heterocycles. The lowest BCUT2D eigenvalue weighted by Gasteiger charge is -2.32. The second-order valence-electron chi connectivity index (χ2n) is 7.65. The Balaban J connectivity index is 1.33. The Hall–Kier alpha value is -3.06. The molecule has 1 saturated heterocycles. The second-order valence-corrected chi connectivity index (χ2v) is 7.65. The summed E-state index contributed by atoms with van der Waals surface area (Å²) in [5, 5.41) is 0. The quantitative estimate of drug-likeness (QED) is 0.696. The van der Waals surface area contributed by atoms with Gasteiger partial charge in [-0.3, -0.25) is 4.79 Å². The number of hydrogen-bond donors (Lipinski definition) is 1. The minimum absolute atomic E-state index is 0.121. The van der Waals surface area contributed by atoms with Gasteiger partial charge in [0, 0.05) is 36.1 Å². The molecule has 7 heteroatoms. The van der Waals surface area contributed by atoms with Gasteiger partial charge in [-0.15, -0.1) is 0 Å². The Morgan fingerprint density at radius 1 is 1.13 bits per heavy atom. The molecular formula is C23H25FN4O2. The summed E-state index contributed by atoms with van der Waals surface area (Å²) in [6, 6.07) is 10.3. The molecule has 0 radical (unpaired) electrons. The Labute approximate surface area is 174 Å². The highest BCUT2D eigenvalue weighted by Crippen LogP contribution is 2.22. The number of hydrogen-bond acceptors (Lipinski definition) is 5. The molecule has 0 aliphatic carbocycles. The number of halogens is 1. The molecule has 0 atom stereocenters. The summed E-state index contributed by atoms with van der Waals surface area (Å²) in [5.41, 5.74) is 3.00. The first kappa shape index (κ1) is 20.2. The Bertz CT molecular complexity index is 1060. The zero-order valence-corrected chi connectivity index (χ0v) is 17.2. The predicted octanol–water partition coefficient (Wildman–Crippen LogP) is 3.77. The van der Waals surface area contributed by atoms with Crippen molar-refractivity contribution in [3.05, 3.63) is 75.6 Å². The van der Waals surface area contributed by atoms with Gasteiger partial charge in [0.2, 0.25) is 0 Å². The number of ether oxygens (including phenoxy) is 1. The Morgan fingerprint density at radius 3 is 2.50 bits per heavy atom.